The number of barbiturate groups is 1. The van der Waals surface area contributed by atoms with E-state index in [1.54, 1.807) is 43.3 Å². The summed E-state index contributed by atoms with van der Waals surface area (Å²) in [5.74, 6) is 0.499. The van der Waals surface area contributed by atoms with Gasteiger partial charge in [0.25, 0.3) is 23.3 Å². The van der Waals surface area contributed by atoms with Gasteiger partial charge in [0, 0.05) is 24.2 Å². The number of nitrogens with one attached hydrogen (secondary N) is 2. The van der Waals surface area contributed by atoms with Gasteiger partial charge in [-0.25, -0.2) is 4.79 Å². The Hall–Kier alpha value is -5.03. The average Bonchev–Trinajstić information content (AvgIpc) is 3.43. The molecule has 5 rings (SSSR count). The number of carbonyl (C=O) groups is 3. The molecule has 2 N–H and O–H groups in total. The third-order valence-electron chi connectivity index (χ3n) is 6.26. The summed E-state index contributed by atoms with van der Waals surface area (Å²) in [6.07, 6.45) is -0.0805. The van der Waals surface area contributed by atoms with Crippen molar-refractivity contribution in [2.24, 2.45) is 0 Å². The fourth-order valence-corrected chi connectivity index (χ4v) is 4.13. The van der Waals surface area contributed by atoms with Crippen molar-refractivity contribution in [2.45, 2.75) is 25.9 Å². The zero-order valence-corrected chi connectivity index (χ0v) is 21.8. The first-order valence-corrected chi connectivity index (χ1v) is 12.6. The molecule has 1 saturated heterocycles. The zero-order valence-electron chi connectivity index (χ0n) is 21.8. The minimum Gasteiger partial charge on any atom is -0.467 e. The lowest BCUT2D eigenvalue weighted by Gasteiger charge is -2.34. The largest absolute Gasteiger partial charge is 0.467 e. The number of aromatic nitrogens is 2. The van der Waals surface area contributed by atoms with Crippen LogP contribution in [0.25, 0.3) is 22.8 Å². The summed E-state index contributed by atoms with van der Waals surface area (Å²) in [4.78, 5) is 41.4. The third kappa shape index (κ3) is 5.54. The Bertz CT molecular complexity index is 1510. The Morgan fingerprint density at radius 1 is 0.850 bits per heavy atom. The van der Waals surface area contributed by atoms with Gasteiger partial charge in [0.15, 0.2) is 0 Å². The van der Waals surface area contributed by atoms with Crippen LogP contribution in [0.5, 0.6) is 17.2 Å². The van der Waals surface area contributed by atoms with E-state index >= 15 is 0 Å². The van der Waals surface area contributed by atoms with E-state index in [4.69, 9.17) is 18.7 Å². The molecule has 0 aliphatic carbocycles. The highest BCUT2D eigenvalue weighted by Crippen LogP contribution is 2.30. The minimum atomic E-state index is -1.95. The van der Waals surface area contributed by atoms with Crippen molar-refractivity contribution in [2.75, 3.05) is 13.2 Å². The summed E-state index contributed by atoms with van der Waals surface area (Å²) in [6, 6.07) is 20.5. The first-order chi connectivity index (χ1) is 19.4. The number of aryl methyl sites for hydroxylation is 1. The average molecular weight is 543 g/mol. The van der Waals surface area contributed by atoms with Crippen LogP contribution in [0.2, 0.25) is 0 Å². The predicted octanol–water partition coefficient (Wildman–Crippen LogP) is 4.41. The van der Waals surface area contributed by atoms with Crippen molar-refractivity contribution in [3.8, 4) is 40.1 Å². The van der Waals surface area contributed by atoms with Gasteiger partial charge >= 0.3 is 6.03 Å². The Kier molecular flexibility index (Phi) is 7.56. The van der Waals surface area contributed by atoms with E-state index in [0.717, 1.165) is 16.7 Å². The number of nitrogens with zero attached hydrogens (tertiary/aromatic N) is 2. The molecule has 1 aliphatic heterocycles. The maximum absolute atomic E-state index is 12.6. The number of benzene rings is 3. The third-order valence-corrected chi connectivity index (χ3v) is 6.26. The number of amides is 4. The number of hydrogen-bond acceptors (Lipinski definition) is 9. The molecular formula is C29H26N4O7. The van der Waals surface area contributed by atoms with Crippen molar-refractivity contribution in [1.82, 2.24) is 20.8 Å². The monoisotopic (exact) mass is 542 g/mol. The summed E-state index contributed by atoms with van der Waals surface area (Å²) in [5.41, 5.74) is 0.748. The van der Waals surface area contributed by atoms with Gasteiger partial charge in [0.1, 0.15) is 17.2 Å². The summed E-state index contributed by atoms with van der Waals surface area (Å²) < 4.78 is 22.5. The molecule has 11 heteroatoms. The highest BCUT2D eigenvalue weighted by molar-refractivity contribution is 6.21. The maximum atomic E-state index is 12.6. The molecule has 1 aromatic heterocycles. The molecule has 2 heterocycles. The summed E-state index contributed by atoms with van der Waals surface area (Å²) >= 11 is 0. The number of rotatable bonds is 10. The van der Waals surface area contributed by atoms with E-state index in [1.807, 2.05) is 43.3 Å². The first kappa shape index (κ1) is 26.6. The van der Waals surface area contributed by atoms with Crippen LogP contribution in [0.4, 0.5) is 4.79 Å². The second-order valence-electron chi connectivity index (χ2n) is 8.95. The molecule has 3 aromatic carbocycles. The van der Waals surface area contributed by atoms with Crippen LogP contribution < -0.4 is 20.1 Å². The molecule has 1 fully saturated rings. The Labute approximate surface area is 229 Å². The number of urea groups is 1. The van der Waals surface area contributed by atoms with Crippen molar-refractivity contribution < 1.29 is 33.1 Å². The highest BCUT2D eigenvalue weighted by Gasteiger charge is 2.52. The van der Waals surface area contributed by atoms with Gasteiger partial charge < -0.3 is 18.7 Å². The van der Waals surface area contributed by atoms with E-state index in [1.165, 1.54) is 0 Å². The SMILES string of the molecule is CCOCCC1(Oc2ccc(Oc3ccc(-c4nc(-c5ccccc5C)no4)cc3)cc2)C(=O)NC(=O)NC1=O. The van der Waals surface area contributed by atoms with Gasteiger partial charge in [-0.15, -0.1) is 0 Å². The van der Waals surface area contributed by atoms with E-state index in [-0.39, 0.29) is 18.8 Å². The summed E-state index contributed by atoms with van der Waals surface area (Å²) in [6.45, 7) is 4.26. The summed E-state index contributed by atoms with van der Waals surface area (Å²) in [5, 5.41) is 8.28. The maximum Gasteiger partial charge on any atom is 0.328 e. The minimum absolute atomic E-state index is 0.0805. The van der Waals surface area contributed by atoms with Crippen molar-refractivity contribution >= 4 is 17.8 Å². The molecular weight excluding hydrogens is 516 g/mol. The lowest BCUT2D eigenvalue weighted by atomic mass is 9.95. The fourth-order valence-electron chi connectivity index (χ4n) is 4.13. The molecule has 0 atom stereocenters. The van der Waals surface area contributed by atoms with Crippen molar-refractivity contribution in [3.63, 3.8) is 0 Å². The Balaban J connectivity index is 1.26. The van der Waals surface area contributed by atoms with Crippen LogP contribution in [0.1, 0.15) is 18.9 Å². The number of carbonyl (C=O) groups excluding carboxylic acids is 3. The van der Waals surface area contributed by atoms with Gasteiger partial charge in [0.2, 0.25) is 5.82 Å². The molecule has 0 radical (unpaired) electrons. The number of imide groups is 2. The molecule has 40 heavy (non-hydrogen) atoms. The second-order valence-corrected chi connectivity index (χ2v) is 8.95. The van der Waals surface area contributed by atoms with Crippen LogP contribution in [0, 0.1) is 6.92 Å². The smallest absolute Gasteiger partial charge is 0.328 e. The van der Waals surface area contributed by atoms with E-state index in [2.05, 4.69) is 20.8 Å². The molecule has 0 bridgehead atoms. The van der Waals surface area contributed by atoms with Gasteiger partial charge in [-0.1, -0.05) is 29.4 Å². The predicted molar refractivity (Wildman–Crippen MR) is 143 cm³/mol. The molecule has 1 aliphatic rings. The standard InChI is InChI=1S/C29H26N4O7/c1-3-37-17-16-29(26(34)31-28(36)32-27(29)35)39-22-14-12-21(13-15-22)38-20-10-8-19(9-11-20)25-30-24(33-40-25)23-7-5-4-6-18(23)2/h4-15H,3,16-17H2,1-2H3,(H2,31,32,34,35,36). The first-order valence-electron chi connectivity index (χ1n) is 12.6. The van der Waals surface area contributed by atoms with Crippen LogP contribution in [0.15, 0.2) is 77.3 Å². The second kappa shape index (κ2) is 11.4. The summed E-state index contributed by atoms with van der Waals surface area (Å²) in [7, 11) is 0. The number of ether oxygens (including phenoxy) is 3. The quantitative estimate of drug-likeness (QED) is 0.220. The van der Waals surface area contributed by atoms with Crippen molar-refractivity contribution in [1.29, 1.82) is 0 Å². The molecule has 4 aromatic rings. The molecule has 0 spiro atoms. The van der Waals surface area contributed by atoms with Gasteiger partial charge in [-0.3, -0.25) is 20.2 Å². The topological polar surface area (TPSA) is 142 Å². The fraction of sp³-hybridized carbons (Fsp3) is 0.207. The van der Waals surface area contributed by atoms with Gasteiger partial charge in [-0.05, 0) is 67.9 Å². The van der Waals surface area contributed by atoms with Crippen LogP contribution in [0.3, 0.4) is 0 Å². The van der Waals surface area contributed by atoms with Crippen LogP contribution in [-0.2, 0) is 14.3 Å². The Morgan fingerprint density at radius 3 is 2.12 bits per heavy atom. The van der Waals surface area contributed by atoms with Gasteiger partial charge in [-0.2, -0.15) is 4.98 Å². The molecule has 4 amide bonds. The van der Waals surface area contributed by atoms with E-state index in [9.17, 15) is 14.4 Å². The molecule has 0 unspecified atom stereocenters. The van der Waals surface area contributed by atoms with Gasteiger partial charge in [0.05, 0.1) is 6.61 Å². The normalized spacial score (nSPS) is 14.4. The molecule has 204 valence electrons. The van der Waals surface area contributed by atoms with E-state index < -0.39 is 23.4 Å². The lowest BCUT2D eigenvalue weighted by molar-refractivity contribution is -0.153. The molecule has 11 nitrogen and oxygen atoms in total. The zero-order chi connectivity index (χ0) is 28.1. The van der Waals surface area contributed by atoms with E-state index in [0.29, 0.717) is 29.8 Å². The molecule has 0 saturated carbocycles. The highest BCUT2D eigenvalue weighted by atomic mass is 16.5. The van der Waals surface area contributed by atoms with Crippen molar-refractivity contribution in [3.05, 3.63) is 78.4 Å². The Morgan fingerprint density at radius 2 is 1.48 bits per heavy atom. The van der Waals surface area contributed by atoms with Crippen LogP contribution in [-0.4, -0.2) is 46.8 Å². The van der Waals surface area contributed by atoms with Crippen LogP contribution >= 0.6 is 0 Å². The number of hydrogen-bond donors (Lipinski definition) is 2. The lowest BCUT2D eigenvalue weighted by Crippen LogP contribution is -2.69.